The first kappa shape index (κ1) is 14.5. The first-order chi connectivity index (χ1) is 9.42. The van der Waals surface area contributed by atoms with Gasteiger partial charge in [-0.3, -0.25) is 4.68 Å². The van der Waals surface area contributed by atoms with Gasteiger partial charge in [-0.25, -0.2) is 0 Å². The molecule has 0 spiro atoms. The summed E-state index contributed by atoms with van der Waals surface area (Å²) in [4.78, 5) is 4.02. The first-order valence-electron chi connectivity index (χ1n) is 6.74. The third-order valence-electron chi connectivity index (χ3n) is 2.79. The number of nitrogens with one attached hydrogen (secondary N) is 1. The molecular formula is C15H22N4O. The highest BCUT2D eigenvalue weighted by molar-refractivity contribution is 5.22. The molecule has 1 aromatic heterocycles. The van der Waals surface area contributed by atoms with E-state index in [1.165, 1.54) is 5.56 Å². The van der Waals surface area contributed by atoms with Gasteiger partial charge < -0.3 is 10.1 Å². The molecule has 0 radical (unpaired) electrons. The maximum absolute atomic E-state index is 5.51. The van der Waals surface area contributed by atoms with Gasteiger partial charge in [0, 0.05) is 19.1 Å². The van der Waals surface area contributed by atoms with Gasteiger partial charge in [0.05, 0.1) is 0 Å². The predicted octanol–water partition coefficient (Wildman–Crippen LogP) is 2.28. The smallest absolute Gasteiger partial charge is 0.335 e. The van der Waals surface area contributed by atoms with E-state index in [0.717, 1.165) is 12.1 Å². The van der Waals surface area contributed by atoms with E-state index >= 15 is 0 Å². The molecule has 1 N–H and O–H groups in total. The lowest BCUT2D eigenvalue weighted by Gasteiger charge is -2.20. The number of hydrogen-bond donors (Lipinski definition) is 1. The van der Waals surface area contributed by atoms with Gasteiger partial charge in [0.15, 0.2) is 0 Å². The molecule has 0 bridgehead atoms. The van der Waals surface area contributed by atoms with Crippen LogP contribution in [0.3, 0.4) is 0 Å². The molecule has 2 aromatic rings. The van der Waals surface area contributed by atoms with Gasteiger partial charge in [-0.05, 0) is 31.9 Å². The van der Waals surface area contributed by atoms with Crippen molar-refractivity contribution < 1.29 is 4.74 Å². The van der Waals surface area contributed by atoms with Crippen LogP contribution in [-0.2, 0) is 20.2 Å². The third kappa shape index (κ3) is 4.66. The lowest BCUT2D eigenvalue weighted by Crippen LogP contribution is -2.35. The Labute approximate surface area is 120 Å². The number of nitrogens with zero attached hydrogens (tertiary/aromatic N) is 3. The van der Waals surface area contributed by atoms with E-state index in [4.69, 9.17) is 4.74 Å². The van der Waals surface area contributed by atoms with Gasteiger partial charge in [0.2, 0.25) is 0 Å². The van der Waals surface area contributed by atoms with Crippen LogP contribution in [0.15, 0.2) is 30.6 Å². The Morgan fingerprint density at radius 2 is 1.80 bits per heavy atom. The van der Waals surface area contributed by atoms with Gasteiger partial charge in [0.25, 0.3) is 0 Å². The summed E-state index contributed by atoms with van der Waals surface area (Å²) >= 11 is 0. The summed E-state index contributed by atoms with van der Waals surface area (Å²) in [5, 5.41) is 7.54. The van der Waals surface area contributed by atoms with Gasteiger partial charge >= 0.3 is 6.01 Å². The number of benzene rings is 1. The van der Waals surface area contributed by atoms with Crippen LogP contribution in [0.25, 0.3) is 0 Å². The number of rotatable bonds is 5. The second-order valence-electron chi connectivity index (χ2n) is 5.91. The van der Waals surface area contributed by atoms with Crippen molar-refractivity contribution in [3.8, 4) is 6.01 Å². The molecule has 0 saturated heterocycles. The van der Waals surface area contributed by atoms with E-state index in [0.29, 0.717) is 12.6 Å². The normalized spacial score (nSPS) is 11.6. The third-order valence-corrected chi connectivity index (χ3v) is 2.79. The van der Waals surface area contributed by atoms with Crippen molar-refractivity contribution in [2.75, 3.05) is 0 Å². The van der Waals surface area contributed by atoms with Crippen LogP contribution in [0.5, 0.6) is 6.01 Å². The Bertz CT molecular complexity index is 540. The molecular weight excluding hydrogens is 252 g/mol. The topological polar surface area (TPSA) is 52.0 Å². The average molecular weight is 274 g/mol. The Kier molecular flexibility index (Phi) is 4.39. The highest BCUT2D eigenvalue weighted by Gasteiger charge is 2.08. The number of ether oxygens (including phenoxy) is 1. The van der Waals surface area contributed by atoms with Crippen molar-refractivity contribution in [2.24, 2.45) is 7.05 Å². The molecule has 0 aliphatic heterocycles. The zero-order valence-corrected chi connectivity index (χ0v) is 12.6. The van der Waals surface area contributed by atoms with Crippen LogP contribution >= 0.6 is 0 Å². The molecule has 5 nitrogen and oxygen atoms in total. The van der Waals surface area contributed by atoms with E-state index in [9.17, 15) is 0 Å². The highest BCUT2D eigenvalue weighted by Crippen LogP contribution is 2.09. The van der Waals surface area contributed by atoms with Crippen molar-refractivity contribution in [3.63, 3.8) is 0 Å². The summed E-state index contributed by atoms with van der Waals surface area (Å²) in [6.07, 6.45) is 1.62. The quantitative estimate of drug-likeness (QED) is 0.909. The van der Waals surface area contributed by atoms with Crippen LogP contribution in [0, 0.1) is 0 Å². The van der Waals surface area contributed by atoms with Crippen molar-refractivity contribution in [2.45, 2.75) is 39.5 Å². The zero-order chi connectivity index (χ0) is 14.6. The molecule has 0 fully saturated rings. The molecule has 2 rings (SSSR count). The summed E-state index contributed by atoms with van der Waals surface area (Å²) in [5.74, 6) is 0. The van der Waals surface area contributed by atoms with Crippen LogP contribution in [0.1, 0.15) is 31.9 Å². The fourth-order valence-corrected chi connectivity index (χ4v) is 1.65. The number of aryl methyl sites for hydroxylation is 1. The average Bonchev–Trinajstić information content (AvgIpc) is 2.80. The Balaban J connectivity index is 1.85. The highest BCUT2D eigenvalue weighted by atomic mass is 16.5. The molecule has 0 aliphatic carbocycles. The van der Waals surface area contributed by atoms with Crippen molar-refractivity contribution in [1.29, 1.82) is 0 Å². The predicted molar refractivity (Wildman–Crippen MR) is 78.4 cm³/mol. The summed E-state index contributed by atoms with van der Waals surface area (Å²) in [6.45, 7) is 7.84. The molecule has 108 valence electrons. The summed E-state index contributed by atoms with van der Waals surface area (Å²) in [5.41, 5.74) is 2.50. The lowest BCUT2D eigenvalue weighted by molar-refractivity contribution is 0.280. The largest absolute Gasteiger partial charge is 0.458 e. The summed E-state index contributed by atoms with van der Waals surface area (Å²) in [7, 11) is 1.82. The Morgan fingerprint density at radius 3 is 2.35 bits per heavy atom. The SMILES string of the molecule is Cn1cnc(OCc2ccc(CNC(C)(C)C)cc2)n1. The second-order valence-corrected chi connectivity index (χ2v) is 5.91. The molecule has 20 heavy (non-hydrogen) atoms. The van der Waals surface area contributed by atoms with Crippen LogP contribution in [0.2, 0.25) is 0 Å². The lowest BCUT2D eigenvalue weighted by atomic mass is 10.1. The Morgan fingerprint density at radius 1 is 1.15 bits per heavy atom. The fourth-order valence-electron chi connectivity index (χ4n) is 1.65. The maximum Gasteiger partial charge on any atom is 0.335 e. The van der Waals surface area contributed by atoms with E-state index in [1.54, 1.807) is 11.0 Å². The molecule has 1 aromatic carbocycles. The van der Waals surface area contributed by atoms with Gasteiger partial charge in [-0.15, -0.1) is 5.10 Å². The van der Waals surface area contributed by atoms with E-state index in [-0.39, 0.29) is 5.54 Å². The number of hydrogen-bond acceptors (Lipinski definition) is 4. The van der Waals surface area contributed by atoms with Gasteiger partial charge in [-0.2, -0.15) is 4.98 Å². The van der Waals surface area contributed by atoms with Crippen LogP contribution in [0.4, 0.5) is 0 Å². The van der Waals surface area contributed by atoms with Crippen molar-refractivity contribution in [1.82, 2.24) is 20.1 Å². The number of aromatic nitrogens is 3. The van der Waals surface area contributed by atoms with Crippen LogP contribution < -0.4 is 10.1 Å². The minimum atomic E-state index is 0.131. The molecule has 0 atom stereocenters. The standard InChI is InChI=1S/C15H22N4O/c1-15(2,3)17-9-12-5-7-13(8-6-12)10-20-14-16-11-19(4)18-14/h5-8,11,17H,9-10H2,1-4H3. The molecule has 1 heterocycles. The molecule has 0 saturated carbocycles. The van der Waals surface area contributed by atoms with E-state index in [2.05, 4.69) is 60.4 Å². The van der Waals surface area contributed by atoms with E-state index in [1.807, 2.05) is 7.05 Å². The van der Waals surface area contributed by atoms with Crippen molar-refractivity contribution in [3.05, 3.63) is 41.7 Å². The van der Waals surface area contributed by atoms with Crippen molar-refractivity contribution >= 4 is 0 Å². The maximum atomic E-state index is 5.51. The summed E-state index contributed by atoms with van der Waals surface area (Å²) < 4.78 is 7.13. The van der Waals surface area contributed by atoms with Crippen LogP contribution in [-0.4, -0.2) is 20.3 Å². The van der Waals surface area contributed by atoms with Gasteiger partial charge in [0.1, 0.15) is 12.9 Å². The molecule has 5 heteroatoms. The Hall–Kier alpha value is -1.88. The monoisotopic (exact) mass is 274 g/mol. The summed E-state index contributed by atoms with van der Waals surface area (Å²) in [6, 6.07) is 8.78. The zero-order valence-electron chi connectivity index (χ0n) is 12.6. The van der Waals surface area contributed by atoms with Gasteiger partial charge in [-0.1, -0.05) is 24.3 Å². The first-order valence-corrected chi connectivity index (χ1v) is 6.74. The molecule has 0 unspecified atom stereocenters. The molecule has 0 aliphatic rings. The minimum absolute atomic E-state index is 0.131. The van der Waals surface area contributed by atoms with E-state index < -0.39 is 0 Å². The molecule has 0 amide bonds. The fraction of sp³-hybridized carbons (Fsp3) is 0.467. The minimum Gasteiger partial charge on any atom is -0.458 e. The second kappa shape index (κ2) is 6.05.